The lowest BCUT2D eigenvalue weighted by molar-refractivity contribution is -0.159. The van der Waals surface area contributed by atoms with Crippen molar-refractivity contribution >= 4 is 12.6 Å². The Morgan fingerprint density at radius 3 is 1.64 bits per heavy atom. The van der Waals surface area contributed by atoms with Gasteiger partial charge < -0.3 is 19.8 Å². The van der Waals surface area contributed by atoms with Gasteiger partial charge in [0, 0.05) is 0 Å². The Morgan fingerprint density at radius 1 is 1.00 bits per heavy atom. The van der Waals surface area contributed by atoms with Crippen LogP contribution in [0.4, 0.5) is 0 Å². The van der Waals surface area contributed by atoms with Gasteiger partial charge in [-0.3, -0.25) is 0 Å². The molecule has 0 radical (unpaired) electrons. The molecule has 1 aliphatic carbocycles. The molecule has 0 amide bonds. The molecule has 0 bridgehead atoms. The highest BCUT2D eigenvalue weighted by Crippen LogP contribution is 2.36. The molecule has 1 rings (SSSR count). The van der Waals surface area contributed by atoms with Crippen molar-refractivity contribution in [1.82, 2.24) is 0 Å². The molecule has 0 aliphatic heterocycles. The van der Waals surface area contributed by atoms with Crippen LogP contribution >= 0.6 is 0 Å². The summed E-state index contributed by atoms with van der Waals surface area (Å²) in [5.41, 5.74) is -3.70. The largest absolute Gasteiger partial charge is 0.379 e. The van der Waals surface area contributed by atoms with Gasteiger partial charge in [-0.15, -0.1) is 0 Å². The quantitative estimate of drug-likeness (QED) is 0.507. The number of aldehydes is 2. The first-order valence-corrected chi connectivity index (χ1v) is 3.45. The molecule has 1 aliphatic rings. The van der Waals surface area contributed by atoms with E-state index in [9.17, 15) is 19.8 Å². The highest BCUT2D eigenvalue weighted by molar-refractivity contribution is 5.78. The van der Waals surface area contributed by atoms with Crippen LogP contribution in [0.3, 0.4) is 0 Å². The maximum Gasteiger partial charge on any atom is 0.155 e. The average molecular weight is 158 g/mol. The summed E-state index contributed by atoms with van der Waals surface area (Å²) in [5, 5.41) is 18.7. The smallest absolute Gasteiger partial charge is 0.155 e. The van der Waals surface area contributed by atoms with Crippen LogP contribution in [0.15, 0.2) is 0 Å². The second-order valence-corrected chi connectivity index (χ2v) is 2.94. The van der Waals surface area contributed by atoms with E-state index < -0.39 is 11.2 Å². The monoisotopic (exact) mass is 158 g/mol. The van der Waals surface area contributed by atoms with Crippen LogP contribution in [0.2, 0.25) is 0 Å². The molecule has 1 unspecified atom stereocenters. The summed E-state index contributed by atoms with van der Waals surface area (Å²) in [6.07, 6.45) is 1.30. The van der Waals surface area contributed by atoms with Crippen LogP contribution < -0.4 is 0 Å². The van der Waals surface area contributed by atoms with E-state index in [2.05, 4.69) is 0 Å². The van der Waals surface area contributed by atoms with E-state index in [4.69, 9.17) is 0 Å². The molecule has 2 N–H and O–H groups in total. The van der Waals surface area contributed by atoms with Gasteiger partial charge in [0.05, 0.1) is 0 Å². The van der Waals surface area contributed by atoms with Gasteiger partial charge in [0.25, 0.3) is 0 Å². The molecular weight excluding hydrogens is 148 g/mol. The zero-order chi connectivity index (χ0) is 8.54. The van der Waals surface area contributed by atoms with Crippen LogP contribution in [0.1, 0.15) is 19.3 Å². The Hall–Kier alpha value is -0.740. The summed E-state index contributed by atoms with van der Waals surface area (Å²) in [4.78, 5) is 20.7. The Kier molecular flexibility index (Phi) is 1.82. The van der Waals surface area contributed by atoms with E-state index in [1.807, 2.05) is 0 Å². The number of aliphatic hydroxyl groups is 2. The number of hydrogen-bond acceptors (Lipinski definition) is 4. The Bertz CT molecular complexity index is 171. The van der Waals surface area contributed by atoms with Crippen molar-refractivity contribution in [3.05, 3.63) is 0 Å². The first kappa shape index (κ1) is 8.36. The standard InChI is InChI=1S/C7H10O4/c8-4-6(10)2-1-3-7(6,11)5-9/h4-5,10-11H,1-3H2/t6-,7?/m0/s1. The minimum Gasteiger partial charge on any atom is -0.379 e. The maximum absolute atomic E-state index is 10.3. The minimum atomic E-state index is -1.85. The van der Waals surface area contributed by atoms with Gasteiger partial charge in [0.2, 0.25) is 0 Å². The molecule has 4 nitrogen and oxygen atoms in total. The lowest BCUT2D eigenvalue weighted by Crippen LogP contribution is -2.52. The lowest BCUT2D eigenvalue weighted by atomic mass is 9.89. The van der Waals surface area contributed by atoms with E-state index in [1.54, 1.807) is 0 Å². The third-order valence-electron chi connectivity index (χ3n) is 2.26. The summed E-state index contributed by atoms with van der Waals surface area (Å²) >= 11 is 0. The second kappa shape index (κ2) is 2.39. The van der Waals surface area contributed by atoms with E-state index in [-0.39, 0.29) is 25.4 Å². The van der Waals surface area contributed by atoms with Gasteiger partial charge in [0.15, 0.2) is 23.8 Å². The van der Waals surface area contributed by atoms with Crippen molar-refractivity contribution in [1.29, 1.82) is 0 Å². The normalized spacial score (nSPS) is 43.8. The van der Waals surface area contributed by atoms with E-state index in [0.717, 1.165) is 0 Å². The molecule has 0 spiro atoms. The summed E-state index contributed by atoms with van der Waals surface area (Å²) in [6.45, 7) is 0. The van der Waals surface area contributed by atoms with Crippen molar-refractivity contribution in [3.8, 4) is 0 Å². The van der Waals surface area contributed by atoms with Crippen molar-refractivity contribution in [2.45, 2.75) is 30.5 Å². The second-order valence-electron chi connectivity index (χ2n) is 2.94. The van der Waals surface area contributed by atoms with Crippen LogP contribution in [-0.2, 0) is 9.59 Å². The molecule has 2 atom stereocenters. The molecule has 0 aromatic carbocycles. The van der Waals surface area contributed by atoms with Crippen molar-refractivity contribution in [2.24, 2.45) is 0 Å². The topological polar surface area (TPSA) is 74.6 Å². The molecule has 11 heavy (non-hydrogen) atoms. The van der Waals surface area contributed by atoms with Gasteiger partial charge >= 0.3 is 0 Å². The van der Waals surface area contributed by atoms with Gasteiger partial charge in [-0.1, -0.05) is 0 Å². The summed E-state index contributed by atoms with van der Waals surface area (Å²) in [6, 6.07) is 0. The Balaban J connectivity index is 2.96. The predicted octanol–water partition coefficient (Wildman–Crippen LogP) is -0.970. The Labute approximate surface area is 63.8 Å². The van der Waals surface area contributed by atoms with Gasteiger partial charge in [-0.05, 0) is 19.3 Å². The van der Waals surface area contributed by atoms with Crippen molar-refractivity contribution in [3.63, 3.8) is 0 Å². The van der Waals surface area contributed by atoms with E-state index in [0.29, 0.717) is 6.42 Å². The number of carbonyl (C=O) groups is 2. The number of hydrogen-bond donors (Lipinski definition) is 2. The molecule has 4 heteroatoms. The van der Waals surface area contributed by atoms with E-state index in [1.165, 1.54) is 0 Å². The number of carbonyl (C=O) groups excluding carboxylic acids is 2. The highest BCUT2D eigenvalue weighted by atomic mass is 16.4. The van der Waals surface area contributed by atoms with Crippen molar-refractivity contribution in [2.75, 3.05) is 0 Å². The highest BCUT2D eigenvalue weighted by Gasteiger charge is 2.53. The Morgan fingerprint density at radius 2 is 1.36 bits per heavy atom. The first-order chi connectivity index (χ1) is 5.08. The SMILES string of the molecule is O=CC1(O)CCC[C@]1(O)C=O. The summed E-state index contributed by atoms with van der Waals surface area (Å²) in [5.74, 6) is 0. The molecule has 0 aromatic heterocycles. The van der Waals surface area contributed by atoms with Gasteiger partial charge in [-0.2, -0.15) is 0 Å². The van der Waals surface area contributed by atoms with E-state index >= 15 is 0 Å². The molecule has 1 fully saturated rings. The van der Waals surface area contributed by atoms with Crippen LogP contribution in [0, 0.1) is 0 Å². The van der Waals surface area contributed by atoms with Crippen LogP contribution in [0.25, 0.3) is 0 Å². The molecular formula is C7H10O4. The zero-order valence-electron chi connectivity index (χ0n) is 5.99. The molecule has 0 saturated heterocycles. The first-order valence-electron chi connectivity index (χ1n) is 3.45. The molecule has 1 saturated carbocycles. The number of rotatable bonds is 2. The fourth-order valence-electron chi connectivity index (χ4n) is 1.38. The average Bonchev–Trinajstić information content (AvgIpc) is 2.31. The maximum atomic E-state index is 10.3. The predicted molar refractivity (Wildman–Crippen MR) is 35.9 cm³/mol. The van der Waals surface area contributed by atoms with Crippen LogP contribution in [-0.4, -0.2) is 34.0 Å². The van der Waals surface area contributed by atoms with Gasteiger partial charge in [-0.25, -0.2) is 0 Å². The lowest BCUT2D eigenvalue weighted by Gasteiger charge is -2.27. The third-order valence-corrected chi connectivity index (χ3v) is 2.26. The molecule has 0 aromatic rings. The van der Waals surface area contributed by atoms with Gasteiger partial charge in [0.1, 0.15) is 0 Å². The van der Waals surface area contributed by atoms with Crippen LogP contribution in [0.5, 0.6) is 0 Å². The fourth-order valence-corrected chi connectivity index (χ4v) is 1.38. The van der Waals surface area contributed by atoms with Crippen molar-refractivity contribution < 1.29 is 19.8 Å². The fraction of sp³-hybridized carbons (Fsp3) is 0.714. The third kappa shape index (κ3) is 0.985. The summed E-state index contributed by atoms with van der Waals surface area (Å²) in [7, 11) is 0. The summed E-state index contributed by atoms with van der Waals surface area (Å²) < 4.78 is 0. The molecule has 0 heterocycles. The molecule has 62 valence electrons. The zero-order valence-corrected chi connectivity index (χ0v) is 5.99. The minimum absolute atomic E-state index is 0.158.